The zero-order valence-corrected chi connectivity index (χ0v) is 25.1. The molecule has 0 fully saturated rings. The van der Waals surface area contributed by atoms with Gasteiger partial charge in [0.2, 0.25) is 11.5 Å². The number of hydrogen-bond donors (Lipinski definition) is 0. The second-order valence-corrected chi connectivity index (χ2v) is 11.2. The minimum absolute atomic E-state index is 0.0810. The maximum Gasteiger partial charge on any atom is 0.248 e. The van der Waals surface area contributed by atoms with Crippen LogP contribution in [0, 0.1) is 6.92 Å². The van der Waals surface area contributed by atoms with Crippen molar-refractivity contribution in [2.24, 2.45) is 0 Å². The molecule has 0 spiro atoms. The number of nitrogens with zero attached hydrogens (tertiary/aromatic N) is 2. The van der Waals surface area contributed by atoms with Gasteiger partial charge in [0.15, 0.2) is 31.7 Å². The largest absolute Gasteiger partial charge is 0.744 e. The Kier molecular flexibility index (Phi) is 15.5. The molecule has 4 aromatic rings. The molecule has 222 valence electrons. The number of allylic oxidation sites excluding steroid dienone is 2. The van der Waals surface area contributed by atoms with Gasteiger partial charge in [0.1, 0.15) is 20.2 Å². The lowest BCUT2D eigenvalue weighted by atomic mass is 10.2. The van der Waals surface area contributed by atoms with E-state index in [-0.39, 0.29) is 15.6 Å². The smallest absolute Gasteiger partial charge is 0.248 e. The predicted molar refractivity (Wildman–Crippen MR) is 157 cm³/mol. The summed E-state index contributed by atoms with van der Waals surface area (Å²) < 4.78 is 65.9. The molecule has 0 atom stereocenters. The van der Waals surface area contributed by atoms with Crippen molar-refractivity contribution in [3.63, 3.8) is 0 Å². The van der Waals surface area contributed by atoms with Crippen LogP contribution in [0.4, 0.5) is 0 Å². The summed E-state index contributed by atoms with van der Waals surface area (Å²) in [6.07, 6.45) is 9.55. The highest BCUT2D eigenvalue weighted by atomic mass is 32.2. The second kappa shape index (κ2) is 18.2. The molecule has 0 bridgehead atoms. The first-order valence-electron chi connectivity index (χ1n) is 12.5. The fourth-order valence-corrected chi connectivity index (χ4v) is 4.05. The third kappa shape index (κ3) is 14.4. The van der Waals surface area contributed by atoms with Gasteiger partial charge in [-0.25, -0.2) is 21.4 Å². The predicted octanol–water partition coefficient (Wildman–Crippen LogP) is 4.01. The summed E-state index contributed by atoms with van der Waals surface area (Å²) in [6, 6.07) is 24.5. The van der Waals surface area contributed by atoms with Crippen molar-refractivity contribution in [2.75, 3.05) is 0 Å². The van der Waals surface area contributed by atoms with Crippen LogP contribution in [0.1, 0.15) is 23.0 Å². The number of benzene rings is 2. The molecule has 0 unspecified atom stereocenters. The van der Waals surface area contributed by atoms with E-state index < -0.39 is 20.2 Å². The third-order valence-electron chi connectivity index (χ3n) is 5.09. The van der Waals surface area contributed by atoms with E-state index in [0.717, 1.165) is 17.8 Å². The molecule has 0 amide bonds. The van der Waals surface area contributed by atoms with E-state index in [0.29, 0.717) is 6.54 Å². The first-order valence-corrected chi connectivity index (χ1v) is 15.3. The minimum atomic E-state index is -4.27. The van der Waals surface area contributed by atoms with Crippen LogP contribution in [0.3, 0.4) is 0 Å². The van der Waals surface area contributed by atoms with Gasteiger partial charge in [-0.1, -0.05) is 55.1 Å². The van der Waals surface area contributed by atoms with E-state index in [1.807, 2.05) is 72.6 Å². The number of aryl methyl sites for hydroxylation is 1. The van der Waals surface area contributed by atoms with Crippen molar-refractivity contribution >= 4 is 26.0 Å². The molecule has 0 aliphatic carbocycles. The summed E-state index contributed by atoms with van der Waals surface area (Å²) in [6.45, 7) is 12.2. The van der Waals surface area contributed by atoms with Gasteiger partial charge in [0.05, 0.1) is 9.79 Å². The molecule has 0 saturated carbocycles. The van der Waals surface area contributed by atoms with Crippen molar-refractivity contribution in [1.29, 1.82) is 0 Å². The van der Waals surface area contributed by atoms with Gasteiger partial charge in [-0.05, 0) is 49.4 Å². The average Bonchev–Trinajstić information content (AvgIpc) is 2.95. The Morgan fingerprint density at radius 2 is 1.14 bits per heavy atom. The summed E-state index contributed by atoms with van der Waals surface area (Å²) in [4.78, 5) is 10.7. The molecule has 0 aliphatic heterocycles. The van der Waals surface area contributed by atoms with Crippen LogP contribution >= 0.6 is 0 Å². The number of hydrogen-bond acceptors (Lipinski definition) is 7. The van der Waals surface area contributed by atoms with Gasteiger partial charge in [0, 0.05) is 31.2 Å². The lowest BCUT2D eigenvalue weighted by molar-refractivity contribution is -0.688. The fourth-order valence-electron chi connectivity index (χ4n) is 3.09. The molecule has 0 radical (unpaired) electrons. The van der Waals surface area contributed by atoms with Crippen molar-refractivity contribution < 1.29 is 39.9 Å². The maximum absolute atomic E-state index is 11.1. The standard InChI is InChI=1S/C10H12NO.C8H10N.C7H8O3S.C6H6O3S/c1-3-7-11-8-5-4-6-10(11)9(2)12;1-2-6-9-7-4-3-5-8-9;1-6-2-4-7(5-3-6)11(8,9)10;7-10(8,9)6-4-2-1-3-5-6/h3-6,8H,1,7H2,2H3;2-5,7-8H,1,6H2;2-5H,1H3,(H,8,9,10);1-5H,(H,7,8,9)/q2*+1;;/p-2. The van der Waals surface area contributed by atoms with Gasteiger partial charge in [0.25, 0.3) is 0 Å². The fraction of sp³-hybridized carbons (Fsp3) is 0.129. The molecular weight excluding hydrogens is 576 g/mol. The van der Waals surface area contributed by atoms with Crippen LogP contribution in [0.15, 0.2) is 145 Å². The lowest BCUT2D eigenvalue weighted by Gasteiger charge is -2.05. The Hall–Kier alpha value is -4.29. The summed E-state index contributed by atoms with van der Waals surface area (Å²) in [5, 5.41) is 0. The summed E-state index contributed by atoms with van der Waals surface area (Å²) in [5.41, 5.74) is 1.65. The molecule has 0 aliphatic rings. The molecular formula is C31H34N2O7S2. The first kappa shape index (κ1) is 35.7. The van der Waals surface area contributed by atoms with E-state index in [4.69, 9.17) is 0 Å². The third-order valence-corrected chi connectivity index (χ3v) is 6.78. The Balaban J connectivity index is 0.000000281. The highest BCUT2D eigenvalue weighted by Gasteiger charge is 2.11. The maximum atomic E-state index is 11.1. The van der Waals surface area contributed by atoms with Crippen molar-refractivity contribution in [3.8, 4) is 0 Å². The molecule has 0 N–H and O–H groups in total. The normalized spacial score (nSPS) is 10.3. The van der Waals surface area contributed by atoms with Crippen LogP contribution in [-0.2, 0) is 33.3 Å². The van der Waals surface area contributed by atoms with Crippen molar-refractivity contribution in [1.82, 2.24) is 0 Å². The van der Waals surface area contributed by atoms with Gasteiger partial charge < -0.3 is 9.11 Å². The number of aromatic nitrogens is 2. The Bertz CT molecular complexity index is 1620. The van der Waals surface area contributed by atoms with Crippen LogP contribution in [0.5, 0.6) is 0 Å². The van der Waals surface area contributed by atoms with Crippen molar-refractivity contribution in [2.45, 2.75) is 36.7 Å². The highest BCUT2D eigenvalue weighted by Crippen LogP contribution is 2.08. The number of ketones is 1. The molecule has 2 heterocycles. The van der Waals surface area contributed by atoms with E-state index in [2.05, 4.69) is 17.7 Å². The zero-order valence-electron chi connectivity index (χ0n) is 23.4. The number of carbonyl (C=O) groups excluding carboxylic acids is 1. The summed E-state index contributed by atoms with van der Waals surface area (Å²) in [7, 11) is -8.52. The lowest BCUT2D eigenvalue weighted by Crippen LogP contribution is -2.38. The molecule has 42 heavy (non-hydrogen) atoms. The van der Waals surface area contributed by atoms with Crippen LogP contribution in [-0.4, -0.2) is 31.7 Å². The van der Waals surface area contributed by atoms with E-state index in [1.165, 1.54) is 36.4 Å². The summed E-state index contributed by atoms with van der Waals surface area (Å²) >= 11 is 0. The second-order valence-electron chi connectivity index (χ2n) is 8.48. The van der Waals surface area contributed by atoms with Crippen LogP contribution in [0.2, 0.25) is 0 Å². The minimum Gasteiger partial charge on any atom is -0.744 e. The highest BCUT2D eigenvalue weighted by molar-refractivity contribution is 7.86. The Labute approximate surface area is 248 Å². The first-order chi connectivity index (χ1) is 19.8. The summed E-state index contributed by atoms with van der Waals surface area (Å²) in [5.74, 6) is 0.0810. The van der Waals surface area contributed by atoms with Gasteiger partial charge in [-0.3, -0.25) is 4.79 Å². The average molecular weight is 611 g/mol. The van der Waals surface area contributed by atoms with Crippen LogP contribution in [0.25, 0.3) is 0 Å². The Morgan fingerprint density at radius 1 is 0.690 bits per heavy atom. The number of carbonyl (C=O) groups is 1. The monoisotopic (exact) mass is 610 g/mol. The Morgan fingerprint density at radius 3 is 1.60 bits per heavy atom. The van der Waals surface area contributed by atoms with Gasteiger partial charge in [-0.15, -0.1) is 0 Å². The van der Waals surface area contributed by atoms with Gasteiger partial charge in [-0.2, -0.15) is 4.57 Å². The quantitative estimate of drug-likeness (QED) is 0.133. The molecule has 4 rings (SSSR count). The van der Waals surface area contributed by atoms with E-state index in [9.17, 15) is 30.7 Å². The van der Waals surface area contributed by atoms with E-state index >= 15 is 0 Å². The van der Waals surface area contributed by atoms with Gasteiger partial charge >= 0.3 is 0 Å². The molecule has 2 aromatic heterocycles. The zero-order chi connectivity index (χ0) is 31.6. The number of Topliss-reactive ketones (excluding diaryl/α,β-unsaturated/α-hetero) is 1. The topological polar surface area (TPSA) is 139 Å². The number of pyridine rings is 2. The molecule has 2 aromatic carbocycles. The number of rotatable bonds is 7. The molecule has 0 saturated heterocycles. The van der Waals surface area contributed by atoms with Crippen LogP contribution < -0.4 is 9.13 Å². The van der Waals surface area contributed by atoms with E-state index in [1.54, 1.807) is 31.2 Å². The molecule has 9 nitrogen and oxygen atoms in total. The molecule has 11 heteroatoms. The SMILES string of the molecule is C=CC[n+]1ccccc1.C=CC[n+]1ccccc1C(C)=O.Cc1ccc(S(=O)(=O)[O-])cc1.O=S(=O)([O-])c1ccccc1. The van der Waals surface area contributed by atoms with Crippen molar-refractivity contribution in [3.05, 3.63) is 146 Å².